The maximum Gasteiger partial charge on any atom is 0.123 e. The maximum absolute atomic E-state index is 13.1. The van der Waals surface area contributed by atoms with E-state index in [1.807, 2.05) is 24.3 Å². The van der Waals surface area contributed by atoms with Crippen LogP contribution in [-0.2, 0) is 0 Å². The Balaban J connectivity index is 2.16. The predicted octanol–water partition coefficient (Wildman–Crippen LogP) is 4.27. The molecule has 0 aliphatic carbocycles. The van der Waals surface area contributed by atoms with Gasteiger partial charge in [-0.15, -0.1) is 0 Å². The van der Waals surface area contributed by atoms with Gasteiger partial charge in [0.15, 0.2) is 0 Å². The molecule has 2 unspecified atom stereocenters. The van der Waals surface area contributed by atoms with Crippen LogP contribution in [0.25, 0.3) is 0 Å². The molecular formula is C17H21FN2. The van der Waals surface area contributed by atoms with E-state index in [-0.39, 0.29) is 17.9 Å². The standard InChI is InChI=1S/C17H21FN2/c1-12(2)17(15-4-6-16(18)7-5-15)20-13(3)14-8-10-19-11-9-14/h4-13,17,20H,1-3H3. The van der Waals surface area contributed by atoms with Gasteiger partial charge in [0.1, 0.15) is 5.82 Å². The van der Waals surface area contributed by atoms with Crippen molar-refractivity contribution in [2.24, 2.45) is 5.92 Å². The van der Waals surface area contributed by atoms with E-state index in [1.165, 1.54) is 17.7 Å². The number of rotatable bonds is 5. The summed E-state index contributed by atoms with van der Waals surface area (Å²) in [4.78, 5) is 4.04. The van der Waals surface area contributed by atoms with Crippen LogP contribution >= 0.6 is 0 Å². The van der Waals surface area contributed by atoms with E-state index >= 15 is 0 Å². The van der Waals surface area contributed by atoms with Crippen LogP contribution < -0.4 is 5.32 Å². The molecule has 20 heavy (non-hydrogen) atoms. The average molecular weight is 272 g/mol. The molecule has 2 rings (SSSR count). The van der Waals surface area contributed by atoms with Crippen LogP contribution in [0, 0.1) is 11.7 Å². The summed E-state index contributed by atoms with van der Waals surface area (Å²) in [6.07, 6.45) is 3.60. The van der Waals surface area contributed by atoms with E-state index in [1.54, 1.807) is 12.4 Å². The minimum atomic E-state index is -0.196. The largest absolute Gasteiger partial charge is 0.303 e. The fourth-order valence-corrected chi connectivity index (χ4v) is 2.36. The van der Waals surface area contributed by atoms with E-state index in [4.69, 9.17) is 0 Å². The van der Waals surface area contributed by atoms with Crippen molar-refractivity contribution in [3.63, 3.8) is 0 Å². The highest BCUT2D eigenvalue weighted by Crippen LogP contribution is 2.25. The molecule has 3 heteroatoms. The first-order valence-corrected chi connectivity index (χ1v) is 6.99. The van der Waals surface area contributed by atoms with Gasteiger partial charge in [0.2, 0.25) is 0 Å². The van der Waals surface area contributed by atoms with E-state index in [0.717, 1.165) is 5.56 Å². The van der Waals surface area contributed by atoms with Crippen LogP contribution in [0.2, 0.25) is 0 Å². The second-order valence-electron chi connectivity index (χ2n) is 5.44. The Kier molecular flexibility index (Phi) is 4.85. The van der Waals surface area contributed by atoms with Gasteiger partial charge in [0, 0.05) is 24.5 Å². The van der Waals surface area contributed by atoms with E-state index in [0.29, 0.717) is 5.92 Å². The van der Waals surface area contributed by atoms with Crippen molar-refractivity contribution in [1.82, 2.24) is 10.3 Å². The molecule has 2 nitrogen and oxygen atoms in total. The second kappa shape index (κ2) is 6.62. The molecule has 0 aliphatic rings. The quantitative estimate of drug-likeness (QED) is 0.879. The lowest BCUT2D eigenvalue weighted by Gasteiger charge is -2.27. The third kappa shape index (κ3) is 3.64. The highest BCUT2D eigenvalue weighted by molar-refractivity contribution is 5.22. The molecular weight excluding hydrogens is 251 g/mol. The van der Waals surface area contributed by atoms with Crippen LogP contribution in [0.4, 0.5) is 4.39 Å². The van der Waals surface area contributed by atoms with Crippen LogP contribution in [0.15, 0.2) is 48.8 Å². The molecule has 106 valence electrons. The number of hydrogen-bond acceptors (Lipinski definition) is 2. The molecule has 0 aliphatic heterocycles. The SMILES string of the molecule is CC(NC(c1ccc(F)cc1)C(C)C)c1ccncc1. The van der Waals surface area contributed by atoms with E-state index in [9.17, 15) is 4.39 Å². The summed E-state index contributed by atoms with van der Waals surface area (Å²) in [5.74, 6) is 0.225. The van der Waals surface area contributed by atoms with Crippen LogP contribution in [0.1, 0.15) is 44.0 Å². The van der Waals surface area contributed by atoms with Crippen molar-refractivity contribution < 1.29 is 4.39 Å². The zero-order valence-corrected chi connectivity index (χ0v) is 12.2. The third-order valence-electron chi connectivity index (χ3n) is 3.53. The molecule has 1 heterocycles. The molecule has 0 saturated carbocycles. The molecule has 0 amide bonds. The molecule has 2 aromatic rings. The summed E-state index contributed by atoms with van der Waals surface area (Å²) >= 11 is 0. The molecule has 0 bridgehead atoms. The van der Waals surface area contributed by atoms with E-state index < -0.39 is 0 Å². The number of nitrogens with zero attached hydrogens (tertiary/aromatic N) is 1. The Morgan fingerprint density at radius 3 is 2.05 bits per heavy atom. The highest BCUT2D eigenvalue weighted by Gasteiger charge is 2.18. The Hall–Kier alpha value is -1.74. The second-order valence-corrected chi connectivity index (χ2v) is 5.44. The Morgan fingerprint density at radius 1 is 0.900 bits per heavy atom. The lowest BCUT2D eigenvalue weighted by molar-refractivity contribution is 0.374. The lowest BCUT2D eigenvalue weighted by atomic mass is 9.94. The zero-order chi connectivity index (χ0) is 14.5. The van der Waals surface area contributed by atoms with Gasteiger partial charge >= 0.3 is 0 Å². The summed E-state index contributed by atoms with van der Waals surface area (Å²) in [6.45, 7) is 6.47. The van der Waals surface area contributed by atoms with Crippen molar-refractivity contribution in [3.8, 4) is 0 Å². The molecule has 0 saturated heterocycles. The van der Waals surface area contributed by atoms with Crippen LogP contribution in [0.3, 0.4) is 0 Å². The first-order valence-electron chi connectivity index (χ1n) is 6.99. The van der Waals surface area contributed by atoms with Crippen LogP contribution in [0.5, 0.6) is 0 Å². The normalized spacial score (nSPS) is 14.2. The number of hydrogen-bond donors (Lipinski definition) is 1. The molecule has 0 fully saturated rings. The smallest absolute Gasteiger partial charge is 0.123 e. The summed E-state index contributed by atoms with van der Waals surface area (Å²) in [5, 5.41) is 3.62. The Bertz CT molecular complexity index is 522. The van der Waals surface area contributed by atoms with Gasteiger partial charge in [0.05, 0.1) is 0 Å². The zero-order valence-electron chi connectivity index (χ0n) is 12.2. The summed E-state index contributed by atoms with van der Waals surface area (Å²) in [7, 11) is 0. The number of pyridine rings is 1. The third-order valence-corrected chi connectivity index (χ3v) is 3.53. The lowest BCUT2D eigenvalue weighted by Crippen LogP contribution is -2.28. The number of nitrogens with one attached hydrogen (secondary N) is 1. The monoisotopic (exact) mass is 272 g/mol. The van der Waals surface area contributed by atoms with Crippen molar-refractivity contribution in [1.29, 1.82) is 0 Å². The summed E-state index contributed by atoms with van der Waals surface area (Å²) < 4.78 is 13.1. The molecule has 2 atom stereocenters. The molecule has 1 aromatic heterocycles. The van der Waals surface area contributed by atoms with Gasteiger partial charge in [-0.3, -0.25) is 4.98 Å². The summed E-state index contributed by atoms with van der Waals surface area (Å²) in [6, 6.07) is 11.2. The van der Waals surface area contributed by atoms with E-state index in [2.05, 4.69) is 31.1 Å². The Morgan fingerprint density at radius 2 is 1.50 bits per heavy atom. The summed E-state index contributed by atoms with van der Waals surface area (Å²) in [5.41, 5.74) is 2.31. The fraction of sp³-hybridized carbons (Fsp3) is 0.353. The van der Waals surface area contributed by atoms with Crippen LogP contribution in [-0.4, -0.2) is 4.98 Å². The van der Waals surface area contributed by atoms with Gasteiger partial charge in [0.25, 0.3) is 0 Å². The topological polar surface area (TPSA) is 24.9 Å². The van der Waals surface area contributed by atoms with Crippen molar-refractivity contribution in [2.75, 3.05) is 0 Å². The Labute approximate surface area is 120 Å². The van der Waals surface area contributed by atoms with Crippen molar-refractivity contribution in [3.05, 3.63) is 65.7 Å². The first-order chi connectivity index (χ1) is 9.58. The number of benzene rings is 1. The number of aromatic nitrogens is 1. The van der Waals surface area contributed by atoms with Crippen molar-refractivity contribution in [2.45, 2.75) is 32.9 Å². The van der Waals surface area contributed by atoms with Gasteiger partial charge in [-0.25, -0.2) is 4.39 Å². The minimum Gasteiger partial charge on any atom is -0.303 e. The minimum absolute atomic E-state index is 0.193. The highest BCUT2D eigenvalue weighted by atomic mass is 19.1. The maximum atomic E-state index is 13.1. The average Bonchev–Trinajstić information content (AvgIpc) is 2.46. The molecule has 1 N–H and O–H groups in total. The van der Waals surface area contributed by atoms with Gasteiger partial charge < -0.3 is 5.32 Å². The van der Waals surface area contributed by atoms with Crippen molar-refractivity contribution >= 4 is 0 Å². The number of halogens is 1. The first kappa shape index (κ1) is 14.7. The molecule has 1 aromatic carbocycles. The van der Waals surface area contributed by atoms with Gasteiger partial charge in [-0.2, -0.15) is 0 Å². The predicted molar refractivity (Wildman–Crippen MR) is 79.8 cm³/mol. The van der Waals surface area contributed by atoms with Gasteiger partial charge in [-0.05, 0) is 48.2 Å². The molecule has 0 radical (unpaired) electrons. The van der Waals surface area contributed by atoms with Gasteiger partial charge in [-0.1, -0.05) is 26.0 Å². The molecule has 0 spiro atoms. The fourth-order valence-electron chi connectivity index (χ4n) is 2.36.